The van der Waals surface area contributed by atoms with E-state index in [1.165, 1.54) is 0 Å². The third-order valence-corrected chi connectivity index (χ3v) is 2.82. The summed E-state index contributed by atoms with van der Waals surface area (Å²) in [6.07, 6.45) is 1.80. The van der Waals surface area contributed by atoms with E-state index in [1.54, 1.807) is 0 Å². The Kier molecular flexibility index (Phi) is 3.56. The molecule has 1 N–H and O–H groups in total. The molecule has 0 aromatic rings. The number of hydrogen-bond acceptors (Lipinski definition) is 3. The van der Waals surface area contributed by atoms with Crippen molar-refractivity contribution in [1.29, 1.82) is 0 Å². The molecule has 0 radical (unpaired) electrons. The number of aliphatic hydroxyl groups excluding tert-OH is 1. The Balaban J connectivity index is 2.60. The maximum Gasteiger partial charge on any atom is 0.163 e. The van der Waals surface area contributed by atoms with Crippen molar-refractivity contribution in [2.45, 2.75) is 51.9 Å². The number of rotatable bonds is 4. The van der Waals surface area contributed by atoms with Gasteiger partial charge >= 0.3 is 0 Å². The van der Waals surface area contributed by atoms with Gasteiger partial charge in [-0.2, -0.15) is 0 Å². The Morgan fingerprint density at radius 1 is 1.43 bits per heavy atom. The normalized spacial score (nSPS) is 33.2. The van der Waals surface area contributed by atoms with E-state index < -0.39 is 5.79 Å². The second kappa shape index (κ2) is 4.17. The molecule has 0 spiro atoms. The highest BCUT2D eigenvalue weighted by molar-refractivity contribution is 4.88. The predicted molar refractivity (Wildman–Crippen MR) is 55.0 cm³/mol. The first kappa shape index (κ1) is 12.0. The van der Waals surface area contributed by atoms with Crippen molar-refractivity contribution in [2.75, 3.05) is 13.2 Å². The van der Waals surface area contributed by atoms with Crippen LogP contribution in [0.25, 0.3) is 0 Å². The van der Waals surface area contributed by atoms with E-state index in [0.717, 1.165) is 12.8 Å². The van der Waals surface area contributed by atoms with Gasteiger partial charge in [0.2, 0.25) is 0 Å². The molecule has 0 saturated carbocycles. The predicted octanol–water partition coefficient (Wildman–Crippen LogP) is 1.94. The monoisotopic (exact) mass is 202 g/mol. The van der Waals surface area contributed by atoms with Gasteiger partial charge in [0.15, 0.2) is 5.79 Å². The molecule has 3 heteroatoms. The molecule has 1 rings (SSSR count). The van der Waals surface area contributed by atoms with Crippen molar-refractivity contribution in [3.63, 3.8) is 0 Å². The van der Waals surface area contributed by atoms with Crippen LogP contribution in [0.5, 0.6) is 0 Å². The van der Waals surface area contributed by atoms with Crippen LogP contribution in [0.3, 0.4) is 0 Å². The van der Waals surface area contributed by atoms with Crippen LogP contribution in [-0.4, -0.2) is 29.7 Å². The molecule has 1 aliphatic rings. The minimum absolute atomic E-state index is 0.189. The van der Waals surface area contributed by atoms with Gasteiger partial charge in [0.1, 0.15) is 0 Å². The van der Waals surface area contributed by atoms with Crippen LogP contribution in [0.15, 0.2) is 0 Å². The van der Waals surface area contributed by atoms with Gasteiger partial charge in [0.05, 0.1) is 12.2 Å². The SMILES string of the molecule is CC[C@@]1(C[C@@H](C)CO)COC(C)(C)O1. The summed E-state index contributed by atoms with van der Waals surface area (Å²) in [6.45, 7) is 8.87. The van der Waals surface area contributed by atoms with Crippen LogP contribution in [0.1, 0.15) is 40.5 Å². The lowest BCUT2D eigenvalue weighted by Gasteiger charge is -2.30. The topological polar surface area (TPSA) is 38.7 Å². The summed E-state index contributed by atoms with van der Waals surface area (Å²) in [7, 11) is 0. The maximum absolute atomic E-state index is 9.04. The van der Waals surface area contributed by atoms with Crippen LogP contribution < -0.4 is 0 Å². The molecule has 84 valence electrons. The molecular formula is C11H22O3. The second-order valence-corrected chi connectivity index (χ2v) is 4.82. The first-order valence-corrected chi connectivity index (χ1v) is 5.38. The van der Waals surface area contributed by atoms with Crippen LogP contribution in [-0.2, 0) is 9.47 Å². The molecule has 0 amide bonds. The average molecular weight is 202 g/mol. The molecule has 0 aliphatic carbocycles. The lowest BCUT2D eigenvalue weighted by molar-refractivity contribution is -0.165. The molecule has 2 atom stereocenters. The highest BCUT2D eigenvalue weighted by Gasteiger charge is 2.44. The number of aliphatic hydroxyl groups is 1. The zero-order valence-corrected chi connectivity index (χ0v) is 9.67. The fourth-order valence-corrected chi connectivity index (χ4v) is 2.00. The lowest BCUT2D eigenvalue weighted by Crippen LogP contribution is -2.36. The van der Waals surface area contributed by atoms with Crippen LogP contribution >= 0.6 is 0 Å². The van der Waals surface area contributed by atoms with E-state index in [2.05, 4.69) is 6.92 Å². The van der Waals surface area contributed by atoms with E-state index in [4.69, 9.17) is 14.6 Å². The minimum Gasteiger partial charge on any atom is -0.396 e. The van der Waals surface area contributed by atoms with E-state index in [1.807, 2.05) is 20.8 Å². The molecule has 0 aromatic heterocycles. The van der Waals surface area contributed by atoms with Crippen molar-refractivity contribution in [1.82, 2.24) is 0 Å². The molecule has 3 nitrogen and oxygen atoms in total. The van der Waals surface area contributed by atoms with Gasteiger partial charge in [-0.15, -0.1) is 0 Å². The Hall–Kier alpha value is -0.120. The van der Waals surface area contributed by atoms with Gasteiger partial charge in [0, 0.05) is 6.61 Å². The highest BCUT2D eigenvalue weighted by atomic mass is 16.8. The smallest absolute Gasteiger partial charge is 0.163 e. The second-order valence-electron chi connectivity index (χ2n) is 4.82. The Morgan fingerprint density at radius 3 is 2.43 bits per heavy atom. The van der Waals surface area contributed by atoms with E-state index >= 15 is 0 Å². The van der Waals surface area contributed by atoms with Gasteiger partial charge in [-0.1, -0.05) is 13.8 Å². The van der Waals surface area contributed by atoms with Gasteiger partial charge < -0.3 is 14.6 Å². The van der Waals surface area contributed by atoms with Gasteiger partial charge in [-0.25, -0.2) is 0 Å². The summed E-state index contributed by atoms with van der Waals surface area (Å²) in [5, 5.41) is 9.04. The Morgan fingerprint density at radius 2 is 2.07 bits per heavy atom. The maximum atomic E-state index is 9.04. The molecule has 0 aromatic carbocycles. The van der Waals surface area contributed by atoms with Crippen molar-refractivity contribution in [3.05, 3.63) is 0 Å². The highest BCUT2D eigenvalue weighted by Crippen LogP contribution is 2.37. The van der Waals surface area contributed by atoms with E-state index in [9.17, 15) is 0 Å². The van der Waals surface area contributed by atoms with Crippen LogP contribution in [0.2, 0.25) is 0 Å². The van der Waals surface area contributed by atoms with E-state index in [-0.39, 0.29) is 18.1 Å². The molecule has 1 heterocycles. The van der Waals surface area contributed by atoms with Crippen molar-refractivity contribution in [2.24, 2.45) is 5.92 Å². The molecule has 1 fully saturated rings. The fraction of sp³-hybridized carbons (Fsp3) is 1.00. The van der Waals surface area contributed by atoms with Crippen molar-refractivity contribution in [3.8, 4) is 0 Å². The molecular weight excluding hydrogens is 180 g/mol. The largest absolute Gasteiger partial charge is 0.396 e. The van der Waals surface area contributed by atoms with Crippen molar-refractivity contribution >= 4 is 0 Å². The Labute approximate surface area is 86.4 Å². The molecule has 1 saturated heterocycles. The standard InChI is InChI=1S/C11H22O3/c1-5-11(6-9(2)7-12)8-13-10(3,4)14-11/h9,12H,5-8H2,1-4H3/t9-,11-/m1/s1. The van der Waals surface area contributed by atoms with Crippen molar-refractivity contribution < 1.29 is 14.6 Å². The zero-order valence-electron chi connectivity index (χ0n) is 9.67. The van der Waals surface area contributed by atoms with E-state index in [0.29, 0.717) is 6.61 Å². The first-order valence-electron chi connectivity index (χ1n) is 5.38. The summed E-state index contributed by atoms with van der Waals surface area (Å²) in [5.41, 5.74) is -0.189. The van der Waals surface area contributed by atoms with Gasteiger partial charge in [-0.05, 0) is 32.6 Å². The van der Waals surface area contributed by atoms with Crippen LogP contribution in [0, 0.1) is 5.92 Å². The minimum atomic E-state index is -0.467. The zero-order chi connectivity index (χ0) is 10.8. The molecule has 0 bridgehead atoms. The average Bonchev–Trinajstić information content (AvgIpc) is 2.42. The summed E-state index contributed by atoms with van der Waals surface area (Å²) in [5.74, 6) is -0.196. The van der Waals surface area contributed by atoms with Gasteiger partial charge in [-0.3, -0.25) is 0 Å². The third-order valence-electron chi connectivity index (χ3n) is 2.82. The summed E-state index contributed by atoms with van der Waals surface area (Å²) in [4.78, 5) is 0. The first-order chi connectivity index (χ1) is 6.43. The quantitative estimate of drug-likeness (QED) is 0.757. The Bertz CT molecular complexity index is 191. The number of ether oxygens (including phenoxy) is 2. The third kappa shape index (κ3) is 2.69. The summed E-state index contributed by atoms with van der Waals surface area (Å²) in [6, 6.07) is 0. The molecule has 14 heavy (non-hydrogen) atoms. The fourth-order valence-electron chi connectivity index (χ4n) is 2.00. The molecule has 1 aliphatic heterocycles. The van der Waals surface area contributed by atoms with Gasteiger partial charge in [0.25, 0.3) is 0 Å². The lowest BCUT2D eigenvalue weighted by atomic mass is 9.90. The molecule has 0 unspecified atom stereocenters. The van der Waals surface area contributed by atoms with Crippen LogP contribution in [0.4, 0.5) is 0 Å². The summed E-state index contributed by atoms with van der Waals surface area (Å²) < 4.78 is 11.5. The number of hydrogen-bond donors (Lipinski definition) is 1. The summed E-state index contributed by atoms with van der Waals surface area (Å²) >= 11 is 0.